The van der Waals surface area contributed by atoms with E-state index in [4.69, 9.17) is 0 Å². The average molecular weight is 139 g/mol. The Morgan fingerprint density at radius 2 is 2.30 bits per heavy atom. The lowest BCUT2D eigenvalue weighted by atomic mass is 10.1. The highest BCUT2D eigenvalue weighted by Gasteiger charge is 2.31. The van der Waals surface area contributed by atoms with Gasteiger partial charge in [0.05, 0.1) is 0 Å². The lowest BCUT2D eigenvalue weighted by Crippen LogP contribution is -1.80. The van der Waals surface area contributed by atoms with Crippen molar-refractivity contribution in [1.82, 2.24) is 0 Å². The molecule has 0 aromatic heterocycles. The second kappa shape index (κ2) is 3.75. The van der Waals surface area contributed by atoms with Crippen LogP contribution in [0.3, 0.4) is 0 Å². The molecular formula is C9H15O. The maximum Gasteiger partial charge on any atom is 0.119 e. The van der Waals surface area contributed by atoms with Crippen LogP contribution in [0, 0.1) is 11.8 Å². The molecule has 0 amide bonds. The standard InChI is InChI=1S/C9H15O/c1-8-7-9(8)5-3-2-4-6-10/h6,8H,2-5,7H2,1H3. The number of carbonyl (C=O) groups excluding carboxylic acids is 1. The molecule has 1 radical (unpaired) electrons. The van der Waals surface area contributed by atoms with Gasteiger partial charge >= 0.3 is 0 Å². The van der Waals surface area contributed by atoms with E-state index in [1.54, 1.807) is 5.92 Å². The zero-order valence-corrected chi connectivity index (χ0v) is 6.60. The van der Waals surface area contributed by atoms with Crippen molar-refractivity contribution < 1.29 is 4.79 Å². The third kappa shape index (κ3) is 2.51. The molecule has 1 unspecified atom stereocenters. The largest absolute Gasteiger partial charge is 0.303 e. The lowest BCUT2D eigenvalue weighted by Gasteiger charge is -1.93. The lowest BCUT2D eigenvalue weighted by molar-refractivity contribution is -0.107. The molecule has 0 aromatic rings. The van der Waals surface area contributed by atoms with E-state index in [1.807, 2.05) is 0 Å². The van der Waals surface area contributed by atoms with Crippen LogP contribution in [0.2, 0.25) is 0 Å². The highest BCUT2D eigenvalue weighted by atomic mass is 16.1. The Morgan fingerprint density at radius 3 is 2.80 bits per heavy atom. The van der Waals surface area contributed by atoms with Crippen LogP contribution in [0.5, 0.6) is 0 Å². The van der Waals surface area contributed by atoms with Gasteiger partial charge in [-0.2, -0.15) is 0 Å². The monoisotopic (exact) mass is 139 g/mol. The van der Waals surface area contributed by atoms with Gasteiger partial charge < -0.3 is 4.79 Å². The fourth-order valence-corrected chi connectivity index (χ4v) is 1.26. The van der Waals surface area contributed by atoms with Crippen LogP contribution in [0.25, 0.3) is 0 Å². The van der Waals surface area contributed by atoms with Crippen molar-refractivity contribution in [1.29, 1.82) is 0 Å². The number of hydrogen-bond acceptors (Lipinski definition) is 1. The van der Waals surface area contributed by atoms with Crippen LogP contribution in [-0.2, 0) is 4.79 Å². The van der Waals surface area contributed by atoms with Crippen LogP contribution in [0.15, 0.2) is 0 Å². The highest BCUT2D eigenvalue weighted by Crippen LogP contribution is 2.43. The summed E-state index contributed by atoms with van der Waals surface area (Å²) in [5.74, 6) is 2.61. The molecule has 1 rings (SSSR count). The molecule has 0 aliphatic heterocycles. The summed E-state index contributed by atoms with van der Waals surface area (Å²) in [7, 11) is 0. The smallest absolute Gasteiger partial charge is 0.119 e. The number of hydrogen-bond donors (Lipinski definition) is 0. The average Bonchev–Trinajstić information content (AvgIpc) is 2.60. The highest BCUT2D eigenvalue weighted by molar-refractivity contribution is 5.48. The van der Waals surface area contributed by atoms with Crippen LogP contribution in [0.1, 0.15) is 39.0 Å². The summed E-state index contributed by atoms with van der Waals surface area (Å²) < 4.78 is 0. The maximum absolute atomic E-state index is 9.92. The summed E-state index contributed by atoms with van der Waals surface area (Å²) in [6, 6.07) is 0. The van der Waals surface area contributed by atoms with Crippen LogP contribution >= 0.6 is 0 Å². The topological polar surface area (TPSA) is 17.1 Å². The molecule has 1 nitrogen and oxygen atoms in total. The van der Waals surface area contributed by atoms with Crippen molar-refractivity contribution in [3.63, 3.8) is 0 Å². The van der Waals surface area contributed by atoms with Gasteiger partial charge in [0, 0.05) is 6.42 Å². The molecular weight excluding hydrogens is 124 g/mol. The molecule has 0 aromatic carbocycles. The van der Waals surface area contributed by atoms with Crippen LogP contribution in [0.4, 0.5) is 0 Å². The van der Waals surface area contributed by atoms with Crippen LogP contribution in [-0.4, -0.2) is 6.29 Å². The minimum Gasteiger partial charge on any atom is -0.303 e. The molecule has 0 saturated heterocycles. The van der Waals surface area contributed by atoms with E-state index in [0.717, 1.165) is 25.0 Å². The summed E-state index contributed by atoms with van der Waals surface area (Å²) in [6.45, 7) is 2.27. The third-order valence-corrected chi connectivity index (χ3v) is 2.18. The molecule has 0 N–H and O–H groups in total. The molecule has 1 aliphatic carbocycles. The van der Waals surface area contributed by atoms with Crippen molar-refractivity contribution in [3.8, 4) is 0 Å². The van der Waals surface area contributed by atoms with Crippen molar-refractivity contribution in [2.45, 2.75) is 39.0 Å². The van der Waals surface area contributed by atoms with Crippen molar-refractivity contribution in [2.24, 2.45) is 5.92 Å². The van der Waals surface area contributed by atoms with Gasteiger partial charge in [0.25, 0.3) is 0 Å². The number of unbranched alkanes of at least 4 members (excludes halogenated alkanes) is 2. The first kappa shape index (κ1) is 7.77. The summed E-state index contributed by atoms with van der Waals surface area (Å²) in [5.41, 5.74) is 0. The molecule has 0 bridgehead atoms. The Balaban J connectivity index is 1.82. The van der Waals surface area contributed by atoms with Gasteiger partial charge in [0.2, 0.25) is 0 Å². The first-order valence-corrected chi connectivity index (χ1v) is 4.13. The van der Waals surface area contributed by atoms with Crippen molar-refractivity contribution in [3.05, 3.63) is 5.92 Å². The minimum atomic E-state index is 0.752. The maximum atomic E-state index is 9.92. The summed E-state index contributed by atoms with van der Waals surface area (Å²) in [4.78, 5) is 9.92. The second-order valence-electron chi connectivity index (χ2n) is 3.18. The SMILES string of the molecule is CC1C[C]1CCCCC=O. The number of aldehydes is 1. The summed E-state index contributed by atoms with van der Waals surface area (Å²) in [5, 5.41) is 0. The van der Waals surface area contributed by atoms with E-state index in [0.29, 0.717) is 0 Å². The first-order valence-electron chi connectivity index (χ1n) is 4.13. The van der Waals surface area contributed by atoms with E-state index in [-0.39, 0.29) is 0 Å². The zero-order valence-electron chi connectivity index (χ0n) is 6.60. The van der Waals surface area contributed by atoms with Gasteiger partial charge in [0.15, 0.2) is 0 Å². The fourth-order valence-electron chi connectivity index (χ4n) is 1.26. The number of carbonyl (C=O) groups is 1. The molecule has 0 heterocycles. The predicted octanol–water partition coefficient (Wildman–Crippen LogP) is 2.36. The second-order valence-corrected chi connectivity index (χ2v) is 3.18. The molecule has 1 fully saturated rings. The first-order chi connectivity index (χ1) is 4.84. The summed E-state index contributed by atoms with van der Waals surface area (Å²) >= 11 is 0. The summed E-state index contributed by atoms with van der Waals surface area (Å²) in [6.07, 6.45) is 6.69. The Bertz CT molecular complexity index is 109. The molecule has 0 spiro atoms. The van der Waals surface area contributed by atoms with E-state index in [2.05, 4.69) is 6.92 Å². The van der Waals surface area contributed by atoms with Gasteiger partial charge in [-0.1, -0.05) is 13.3 Å². The van der Waals surface area contributed by atoms with Gasteiger partial charge in [-0.25, -0.2) is 0 Å². The predicted molar refractivity (Wildman–Crippen MR) is 41.6 cm³/mol. The Labute approximate surface area is 62.8 Å². The van der Waals surface area contributed by atoms with E-state index in [1.165, 1.54) is 19.3 Å². The Morgan fingerprint density at radius 1 is 1.60 bits per heavy atom. The van der Waals surface area contributed by atoms with Crippen molar-refractivity contribution >= 4 is 6.29 Å². The van der Waals surface area contributed by atoms with Gasteiger partial charge in [-0.15, -0.1) is 0 Å². The van der Waals surface area contributed by atoms with Gasteiger partial charge in [-0.3, -0.25) is 0 Å². The van der Waals surface area contributed by atoms with E-state index < -0.39 is 0 Å². The molecule has 10 heavy (non-hydrogen) atoms. The van der Waals surface area contributed by atoms with Crippen molar-refractivity contribution in [2.75, 3.05) is 0 Å². The zero-order chi connectivity index (χ0) is 7.40. The Hall–Kier alpha value is -0.330. The third-order valence-electron chi connectivity index (χ3n) is 2.18. The molecule has 1 atom stereocenters. The normalized spacial score (nSPS) is 24.7. The van der Waals surface area contributed by atoms with Gasteiger partial charge in [-0.05, 0) is 31.1 Å². The van der Waals surface area contributed by atoms with E-state index >= 15 is 0 Å². The van der Waals surface area contributed by atoms with Gasteiger partial charge in [0.1, 0.15) is 6.29 Å². The minimum absolute atomic E-state index is 0.752. The van der Waals surface area contributed by atoms with Crippen LogP contribution < -0.4 is 0 Å². The Kier molecular flexibility index (Phi) is 2.91. The number of rotatable bonds is 5. The van der Waals surface area contributed by atoms with E-state index in [9.17, 15) is 4.79 Å². The quantitative estimate of drug-likeness (QED) is 0.422. The molecule has 1 heteroatoms. The molecule has 1 aliphatic rings. The molecule has 57 valence electrons. The fraction of sp³-hybridized carbons (Fsp3) is 0.778. The molecule has 1 saturated carbocycles.